The van der Waals surface area contributed by atoms with Gasteiger partial charge in [-0.25, -0.2) is 0 Å². The number of alkyl halides is 3. The topological polar surface area (TPSA) is 159 Å². The zero-order chi connectivity index (χ0) is 33.0. The van der Waals surface area contributed by atoms with Crippen LogP contribution in [-0.4, -0.2) is 40.2 Å². The number of ether oxygens (including phenoxy) is 2. The first kappa shape index (κ1) is 31.2. The van der Waals surface area contributed by atoms with Gasteiger partial charge in [0.2, 0.25) is 6.10 Å². The molecule has 5 aromatic rings. The standard InChI is InChI=1S/C31H21F3N4O8/c1-17(40)44-26(24-7-4-14-38(30(24)43)20-9-11-21(12-10-20)45-31(32,33)34)29(42)35-19-8-13-23-25(15-19)46-37-27(23)36-28(41)22-6-3-2-5-18(22)16-39/h2-16,26H,1H3,(H,35,42)(H,36,37,41). The molecular weight excluding hydrogens is 613 g/mol. The van der Waals surface area contributed by atoms with Crippen molar-refractivity contribution < 1.29 is 46.3 Å². The van der Waals surface area contributed by atoms with E-state index in [-0.39, 0.29) is 39.5 Å². The van der Waals surface area contributed by atoms with E-state index >= 15 is 0 Å². The summed E-state index contributed by atoms with van der Waals surface area (Å²) in [5.41, 5.74) is -0.257. The number of aldehydes is 1. The fraction of sp³-hybridized carbons (Fsp3) is 0.0968. The van der Waals surface area contributed by atoms with Gasteiger partial charge in [-0.15, -0.1) is 13.2 Å². The third kappa shape index (κ3) is 6.93. The Morgan fingerprint density at radius 3 is 2.41 bits per heavy atom. The van der Waals surface area contributed by atoms with Crippen molar-refractivity contribution in [3.63, 3.8) is 0 Å². The van der Waals surface area contributed by atoms with Gasteiger partial charge in [-0.3, -0.25) is 28.5 Å². The van der Waals surface area contributed by atoms with Crippen molar-refractivity contribution in [1.82, 2.24) is 9.72 Å². The first-order valence-electron chi connectivity index (χ1n) is 13.2. The van der Waals surface area contributed by atoms with E-state index in [1.165, 1.54) is 60.8 Å². The van der Waals surface area contributed by atoms with Gasteiger partial charge >= 0.3 is 12.3 Å². The Balaban J connectivity index is 1.37. The van der Waals surface area contributed by atoms with E-state index in [0.717, 1.165) is 23.6 Å². The van der Waals surface area contributed by atoms with Crippen molar-refractivity contribution in [2.24, 2.45) is 0 Å². The molecular formula is C31H21F3N4O8. The molecule has 46 heavy (non-hydrogen) atoms. The Bertz CT molecular complexity index is 2020. The third-order valence-electron chi connectivity index (χ3n) is 6.43. The van der Waals surface area contributed by atoms with Crippen LogP contribution in [0, 0.1) is 0 Å². The zero-order valence-electron chi connectivity index (χ0n) is 23.5. The number of benzene rings is 3. The van der Waals surface area contributed by atoms with Gasteiger partial charge < -0.3 is 24.6 Å². The lowest BCUT2D eigenvalue weighted by Crippen LogP contribution is -2.32. The number of carbonyl (C=O) groups excluding carboxylic acids is 4. The molecule has 3 aromatic carbocycles. The van der Waals surface area contributed by atoms with Gasteiger partial charge in [0.05, 0.1) is 16.5 Å². The number of aromatic nitrogens is 2. The number of fused-ring (bicyclic) bond motifs is 1. The largest absolute Gasteiger partial charge is 0.573 e. The predicted octanol–water partition coefficient (Wildman–Crippen LogP) is 5.19. The average Bonchev–Trinajstić information content (AvgIpc) is 3.41. The SMILES string of the molecule is CC(=O)OC(C(=O)Nc1ccc2c(NC(=O)c3ccccc3C=O)noc2c1)c1cccn(-c2ccc(OC(F)(F)F)cc2)c1=O. The van der Waals surface area contributed by atoms with E-state index in [2.05, 4.69) is 20.5 Å². The van der Waals surface area contributed by atoms with Crippen molar-refractivity contribution in [1.29, 1.82) is 0 Å². The number of halogens is 3. The highest BCUT2D eigenvalue weighted by atomic mass is 19.4. The molecule has 15 heteroatoms. The van der Waals surface area contributed by atoms with Gasteiger partial charge in [-0.05, 0) is 54.6 Å². The second kappa shape index (κ2) is 12.8. The Kier molecular flexibility index (Phi) is 8.66. The monoisotopic (exact) mass is 634 g/mol. The highest BCUT2D eigenvalue weighted by Gasteiger charge is 2.31. The van der Waals surface area contributed by atoms with Crippen LogP contribution in [0.1, 0.15) is 39.3 Å². The van der Waals surface area contributed by atoms with Crippen LogP contribution in [0.3, 0.4) is 0 Å². The van der Waals surface area contributed by atoms with Gasteiger partial charge in [0.1, 0.15) is 5.75 Å². The summed E-state index contributed by atoms with van der Waals surface area (Å²) < 4.78 is 53.0. The molecule has 0 bridgehead atoms. The second-order valence-corrected chi connectivity index (χ2v) is 9.56. The molecule has 5 rings (SSSR count). The molecule has 2 amide bonds. The van der Waals surface area contributed by atoms with Crippen LogP contribution in [-0.2, 0) is 14.3 Å². The summed E-state index contributed by atoms with van der Waals surface area (Å²) in [5, 5.41) is 9.33. The fourth-order valence-electron chi connectivity index (χ4n) is 4.44. The molecule has 0 fully saturated rings. The van der Waals surface area contributed by atoms with E-state index in [1.807, 2.05) is 0 Å². The van der Waals surface area contributed by atoms with Crippen LogP contribution >= 0.6 is 0 Å². The molecule has 0 aliphatic heterocycles. The van der Waals surface area contributed by atoms with Crippen LogP contribution in [0.5, 0.6) is 5.75 Å². The summed E-state index contributed by atoms with van der Waals surface area (Å²) in [5.74, 6) is -2.82. The van der Waals surface area contributed by atoms with Gasteiger partial charge in [0.15, 0.2) is 17.7 Å². The smallest absolute Gasteiger partial charge is 0.447 e. The van der Waals surface area contributed by atoms with Crippen LogP contribution in [0.25, 0.3) is 16.7 Å². The van der Waals surface area contributed by atoms with Crippen molar-refractivity contribution >= 4 is 46.5 Å². The average molecular weight is 635 g/mol. The molecule has 1 unspecified atom stereocenters. The minimum atomic E-state index is -4.90. The Morgan fingerprint density at radius 1 is 0.978 bits per heavy atom. The van der Waals surface area contributed by atoms with E-state index in [4.69, 9.17) is 9.26 Å². The summed E-state index contributed by atoms with van der Waals surface area (Å²) in [6, 6.07) is 17.6. The van der Waals surface area contributed by atoms with E-state index in [9.17, 15) is 37.1 Å². The van der Waals surface area contributed by atoms with Crippen molar-refractivity contribution in [3.8, 4) is 11.4 Å². The lowest BCUT2D eigenvalue weighted by molar-refractivity contribution is -0.274. The van der Waals surface area contributed by atoms with E-state index < -0.39 is 41.6 Å². The number of anilines is 2. The summed E-state index contributed by atoms with van der Waals surface area (Å²) in [7, 11) is 0. The zero-order valence-corrected chi connectivity index (χ0v) is 23.5. The number of rotatable bonds is 9. The molecule has 0 aliphatic rings. The maximum atomic E-state index is 13.4. The number of esters is 1. The van der Waals surface area contributed by atoms with Crippen LogP contribution in [0.2, 0.25) is 0 Å². The van der Waals surface area contributed by atoms with Gasteiger partial charge in [0.25, 0.3) is 17.4 Å². The summed E-state index contributed by atoms with van der Waals surface area (Å²) in [6.45, 7) is 1.05. The number of pyridine rings is 1. The van der Waals surface area contributed by atoms with E-state index in [0.29, 0.717) is 11.7 Å². The molecule has 2 aromatic heterocycles. The molecule has 0 radical (unpaired) electrons. The summed E-state index contributed by atoms with van der Waals surface area (Å²) in [4.78, 5) is 62.6. The second-order valence-electron chi connectivity index (χ2n) is 9.56. The van der Waals surface area contributed by atoms with E-state index in [1.54, 1.807) is 12.1 Å². The van der Waals surface area contributed by atoms with Crippen LogP contribution in [0.4, 0.5) is 24.7 Å². The molecule has 234 valence electrons. The highest BCUT2D eigenvalue weighted by Crippen LogP contribution is 2.28. The summed E-state index contributed by atoms with van der Waals surface area (Å²) in [6.07, 6.45) is -4.75. The minimum absolute atomic E-state index is 0.0548. The number of amides is 2. The number of nitrogens with one attached hydrogen (secondary N) is 2. The van der Waals surface area contributed by atoms with Gasteiger partial charge in [-0.1, -0.05) is 23.4 Å². The Labute approximate surface area is 256 Å². The van der Waals surface area contributed by atoms with Gasteiger partial charge in [0, 0.05) is 36.1 Å². The first-order chi connectivity index (χ1) is 21.9. The number of hydrogen-bond donors (Lipinski definition) is 2. The normalized spacial score (nSPS) is 11.8. The number of nitrogens with zero attached hydrogens (tertiary/aromatic N) is 2. The molecule has 2 N–H and O–H groups in total. The molecule has 0 aliphatic carbocycles. The third-order valence-corrected chi connectivity index (χ3v) is 6.43. The number of hydrogen-bond acceptors (Lipinski definition) is 9. The van der Waals surface area contributed by atoms with Crippen LogP contribution in [0.15, 0.2) is 94.4 Å². The van der Waals surface area contributed by atoms with Crippen molar-refractivity contribution in [2.45, 2.75) is 19.4 Å². The lowest BCUT2D eigenvalue weighted by Gasteiger charge is -2.18. The Hall–Kier alpha value is -6.25. The van der Waals surface area contributed by atoms with Gasteiger partial charge in [-0.2, -0.15) is 0 Å². The van der Waals surface area contributed by atoms with Crippen molar-refractivity contribution in [3.05, 3.63) is 112 Å². The lowest BCUT2D eigenvalue weighted by atomic mass is 10.1. The fourth-order valence-corrected chi connectivity index (χ4v) is 4.44. The highest BCUT2D eigenvalue weighted by molar-refractivity contribution is 6.11. The first-order valence-corrected chi connectivity index (χ1v) is 13.2. The van der Waals surface area contributed by atoms with Crippen molar-refractivity contribution in [2.75, 3.05) is 10.6 Å². The maximum absolute atomic E-state index is 13.4. The predicted molar refractivity (Wildman–Crippen MR) is 156 cm³/mol. The number of carbonyl (C=O) groups is 4. The Morgan fingerprint density at radius 2 is 1.72 bits per heavy atom. The molecule has 0 spiro atoms. The maximum Gasteiger partial charge on any atom is 0.573 e. The molecule has 2 heterocycles. The molecule has 1 atom stereocenters. The quantitative estimate of drug-likeness (QED) is 0.164. The molecule has 0 saturated carbocycles. The molecule has 0 saturated heterocycles. The molecule has 12 nitrogen and oxygen atoms in total. The minimum Gasteiger partial charge on any atom is -0.447 e. The van der Waals surface area contributed by atoms with Crippen LogP contribution < -0.4 is 20.9 Å². The summed E-state index contributed by atoms with van der Waals surface area (Å²) >= 11 is 0.